The zero-order valence-electron chi connectivity index (χ0n) is 12.5. The second-order valence-corrected chi connectivity index (χ2v) is 7.59. The molecule has 2 nitrogen and oxygen atoms in total. The van der Waals surface area contributed by atoms with Crippen LogP contribution in [-0.2, 0) is 4.74 Å². The maximum Gasteiger partial charge on any atom is 0.0686 e. The van der Waals surface area contributed by atoms with E-state index in [4.69, 9.17) is 4.74 Å². The summed E-state index contributed by atoms with van der Waals surface area (Å²) < 4.78 is 6.19. The average molecular weight is 266 g/mol. The molecule has 3 aliphatic rings. The lowest BCUT2D eigenvalue weighted by Gasteiger charge is -2.50. The van der Waals surface area contributed by atoms with Crippen LogP contribution in [0, 0.1) is 11.8 Å². The molecule has 3 unspecified atom stereocenters. The summed E-state index contributed by atoms with van der Waals surface area (Å²) in [4.78, 5) is 0. The smallest absolute Gasteiger partial charge is 0.0686 e. The van der Waals surface area contributed by atoms with Gasteiger partial charge in [0.15, 0.2) is 0 Å². The Kier molecular flexibility index (Phi) is 3.92. The highest BCUT2D eigenvalue weighted by molar-refractivity contribution is 4.98. The van der Waals surface area contributed by atoms with E-state index in [1.807, 2.05) is 0 Å². The lowest BCUT2D eigenvalue weighted by atomic mass is 9.65. The van der Waals surface area contributed by atoms with Crippen LogP contribution in [0.1, 0.15) is 77.6 Å². The molecule has 110 valence electrons. The first-order chi connectivity index (χ1) is 9.12. The summed E-state index contributed by atoms with van der Waals surface area (Å²) in [6, 6.07) is 0. The maximum atomic E-state index is 11.1. The van der Waals surface area contributed by atoms with Crippen molar-refractivity contribution in [1.29, 1.82) is 0 Å². The van der Waals surface area contributed by atoms with Gasteiger partial charge in [0.25, 0.3) is 0 Å². The molecular formula is C17H30O2. The molecule has 1 spiro atoms. The quantitative estimate of drug-likeness (QED) is 0.775. The highest BCUT2D eigenvalue weighted by Gasteiger charge is 2.47. The van der Waals surface area contributed by atoms with Gasteiger partial charge in [-0.3, -0.25) is 0 Å². The van der Waals surface area contributed by atoms with Crippen LogP contribution in [0.3, 0.4) is 0 Å². The number of hydrogen-bond acceptors (Lipinski definition) is 2. The van der Waals surface area contributed by atoms with Gasteiger partial charge in [-0.2, -0.15) is 0 Å². The Morgan fingerprint density at radius 3 is 2.47 bits per heavy atom. The summed E-state index contributed by atoms with van der Waals surface area (Å²) in [7, 11) is 0. The first-order valence-electron chi connectivity index (χ1n) is 8.48. The predicted octanol–water partition coefficient (Wildman–Crippen LogP) is 4.06. The van der Waals surface area contributed by atoms with E-state index in [0.717, 1.165) is 32.3 Å². The molecule has 1 N–H and O–H groups in total. The second-order valence-electron chi connectivity index (χ2n) is 7.59. The number of aliphatic hydroxyl groups is 1. The Labute approximate surface area is 117 Å². The molecule has 1 saturated heterocycles. The highest BCUT2D eigenvalue weighted by atomic mass is 16.5. The normalized spacial score (nSPS) is 43.3. The van der Waals surface area contributed by atoms with E-state index in [2.05, 4.69) is 6.92 Å². The molecule has 0 aromatic heterocycles. The van der Waals surface area contributed by atoms with Crippen LogP contribution in [0.5, 0.6) is 0 Å². The van der Waals surface area contributed by atoms with E-state index in [1.165, 1.54) is 44.9 Å². The standard InChI is InChI=1S/C17H30O2/c1-14-6-5-10-17(18,12-14)15-7-11-19-16(13-15)8-3-2-4-9-16/h14-15,18H,2-13H2,1H3. The zero-order valence-corrected chi connectivity index (χ0v) is 12.5. The summed E-state index contributed by atoms with van der Waals surface area (Å²) in [6.45, 7) is 3.18. The largest absolute Gasteiger partial charge is 0.390 e. The zero-order chi connectivity index (χ0) is 13.3. The second kappa shape index (κ2) is 5.37. The first kappa shape index (κ1) is 13.9. The lowest BCUT2D eigenvalue weighted by Crippen LogP contribution is -2.50. The molecule has 0 bridgehead atoms. The third kappa shape index (κ3) is 2.85. The third-order valence-corrected chi connectivity index (χ3v) is 6.03. The topological polar surface area (TPSA) is 29.5 Å². The lowest BCUT2D eigenvalue weighted by molar-refractivity contribution is -0.166. The molecule has 19 heavy (non-hydrogen) atoms. The average Bonchev–Trinajstić information content (AvgIpc) is 2.39. The molecule has 0 amide bonds. The summed E-state index contributed by atoms with van der Waals surface area (Å²) >= 11 is 0. The Morgan fingerprint density at radius 1 is 0.947 bits per heavy atom. The van der Waals surface area contributed by atoms with Crippen molar-refractivity contribution < 1.29 is 9.84 Å². The predicted molar refractivity (Wildman–Crippen MR) is 77.1 cm³/mol. The Morgan fingerprint density at radius 2 is 1.74 bits per heavy atom. The van der Waals surface area contributed by atoms with Gasteiger partial charge in [-0.25, -0.2) is 0 Å². The van der Waals surface area contributed by atoms with Gasteiger partial charge in [0.1, 0.15) is 0 Å². The van der Waals surface area contributed by atoms with Crippen molar-refractivity contribution in [3.8, 4) is 0 Å². The molecule has 3 atom stereocenters. The van der Waals surface area contributed by atoms with Crippen LogP contribution in [0.25, 0.3) is 0 Å². The molecule has 2 aliphatic carbocycles. The molecule has 3 rings (SSSR count). The van der Waals surface area contributed by atoms with E-state index < -0.39 is 0 Å². The summed E-state index contributed by atoms with van der Waals surface area (Å²) in [5, 5.41) is 11.1. The fraction of sp³-hybridized carbons (Fsp3) is 1.00. The Hall–Kier alpha value is -0.0800. The van der Waals surface area contributed by atoms with E-state index >= 15 is 0 Å². The molecule has 0 radical (unpaired) electrons. The van der Waals surface area contributed by atoms with Crippen molar-refractivity contribution in [1.82, 2.24) is 0 Å². The van der Waals surface area contributed by atoms with E-state index in [1.54, 1.807) is 0 Å². The van der Waals surface area contributed by atoms with E-state index in [0.29, 0.717) is 11.8 Å². The van der Waals surface area contributed by atoms with E-state index in [9.17, 15) is 5.11 Å². The molecule has 3 fully saturated rings. The fourth-order valence-electron chi connectivity index (χ4n) is 4.97. The molecule has 1 heterocycles. The van der Waals surface area contributed by atoms with Crippen LogP contribution < -0.4 is 0 Å². The molecule has 0 aromatic rings. The van der Waals surface area contributed by atoms with Crippen molar-refractivity contribution in [2.75, 3.05) is 6.61 Å². The monoisotopic (exact) mass is 266 g/mol. The van der Waals surface area contributed by atoms with Crippen molar-refractivity contribution in [2.45, 2.75) is 88.8 Å². The van der Waals surface area contributed by atoms with Crippen molar-refractivity contribution in [3.63, 3.8) is 0 Å². The number of hydrogen-bond donors (Lipinski definition) is 1. The molecular weight excluding hydrogens is 236 g/mol. The summed E-state index contributed by atoms with van der Waals surface area (Å²) in [5.41, 5.74) is -0.247. The van der Waals surface area contributed by atoms with Gasteiger partial charge >= 0.3 is 0 Å². The van der Waals surface area contributed by atoms with Gasteiger partial charge < -0.3 is 9.84 Å². The number of rotatable bonds is 1. The van der Waals surface area contributed by atoms with Gasteiger partial charge in [0, 0.05) is 6.61 Å². The summed E-state index contributed by atoms with van der Waals surface area (Å²) in [6.07, 6.45) is 13.2. The Bertz CT molecular complexity index is 303. The van der Waals surface area contributed by atoms with Crippen LogP contribution >= 0.6 is 0 Å². The van der Waals surface area contributed by atoms with E-state index in [-0.39, 0.29) is 11.2 Å². The maximum absolute atomic E-state index is 11.1. The van der Waals surface area contributed by atoms with Gasteiger partial charge in [-0.1, -0.05) is 39.0 Å². The van der Waals surface area contributed by atoms with Gasteiger partial charge in [-0.05, 0) is 50.4 Å². The molecule has 1 aliphatic heterocycles. The minimum absolute atomic E-state index is 0.136. The minimum Gasteiger partial charge on any atom is -0.390 e. The number of ether oxygens (including phenoxy) is 1. The van der Waals surface area contributed by atoms with Crippen molar-refractivity contribution >= 4 is 0 Å². The Balaban J connectivity index is 1.70. The van der Waals surface area contributed by atoms with Crippen LogP contribution in [0.2, 0.25) is 0 Å². The third-order valence-electron chi connectivity index (χ3n) is 6.03. The van der Waals surface area contributed by atoms with Crippen molar-refractivity contribution in [3.05, 3.63) is 0 Å². The molecule has 0 aromatic carbocycles. The van der Waals surface area contributed by atoms with Gasteiger partial charge in [0.2, 0.25) is 0 Å². The minimum atomic E-state index is -0.383. The SMILES string of the molecule is CC1CCCC(O)(C2CCOC3(CCCCC3)C2)C1. The van der Waals surface area contributed by atoms with Gasteiger partial charge in [-0.15, -0.1) is 0 Å². The van der Waals surface area contributed by atoms with Crippen LogP contribution in [-0.4, -0.2) is 22.9 Å². The molecule has 2 heteroatoms. The molecule has 2 saturated carbocycles. The van der Waals surface area contributed by atoms with Crippen LogP contribution in [0.15, 0.2) is 0 Å². The van der Waals surface area contributed by atoms with Crippen molar-refractivity contribution in [2.24, 2.45) is 11.8 Å². The van der Waals surface area contributed by atoms with Gasteiger partial charge in [0.05, 0.1) is 11.2 Å². The summed E-state index contributed by atoms with van der Waals surface area (Å²) in [5.74, 6) is 1.19. The van der Waals surface area contributed by atoms with Crippen LogP contribution in [0.4, 0.5) is 0 Å². The fourth-order valence-corrected chi connectivity index (χ4v) is 4.97. The highest BCUT2D eigenvalue weighted by Crippen LogP contribution is 2.48. The first-order valence-corrected chi connectivity index (χ1v) is 8.48.